The van der Waals surface area contributed by atoms with Gasteiger partial charge >= 0.3 is 0 Å². The van der Waals surface area contributed by atoms with E-state index in [9.17, 15) is 0 Å². The maximum atomic E-state index is 6.14. The van der Waals surface area contributed by atoms with Gasteiger partial charge in [-0.05, 0) is 24.3 Å². The van der Waals surface area contributed by atoms with Crippen molar-refractivity contribution in [2.75, 3.05) is 5.73 Å². The number of benzene rings is 1. The second-order valence-electron chi connectivity index (χ2n) is 6.38. The molecule has 2 nitrogen and oxygen atoms in total. The summed E-state index contributed by atoms with van der Waals surface area (Å²) in [4.78, 5) is 4.73. The van der Waals surface area contributed by atoms with Crippen molar-refractivity contribution in [2.24, 2.45) is 0 Å². The normalized spacial score (nSPS) is 15.7. The minimum Gasteiger partial charge on any atom is -0.389 e. The van der Waals surface area contributed by atoms with Gasteiger partial charge in [-0.1, -0.05) is 45.0 Å². The molecule has 0 aliphatic heterocycles. The van der Waals surface area contributed by atoms with Gasteiger partial charge in [0.2, 0.25) is 0 Å². The van der Waals surface area contributed by atoms with Crippen molar-refractivity contribution in [2.45, 2.75) is 44.9 Å². The van der Waals surface area contributed by atoms with E-state index in [2.05, 4.69) is 45.0 Å². The van der Waals surface area contributed by atoms with E-state index < -0.39 is 0 Å². The van der Waals surface area contributed by atoms with Crippen molar-refractivity contribution in [1.29, 1.82) is 0 Å². The number of nitrogen functional groups attached to an aromatic ring is 1. The lowest BCUT2D eigenvalue weighted by atomic mass is 9.98. The topological polar surface area (TPSA) is 38.9 Å². The molecule has 0 radical (unpaired) electrons. The van der Waals surface area contributed by atoms with Gasteiger partial charge in [0.25, 0.3) is 0 Å². The van der Waals surface area contributed by atoms with Crippen LogP contribution in [0.15, 0.2) is 24.3 Å². The van der Waals surface area contributed by atoms with E-state index in [0.29, 0.717) is 0 Å². The lowest BCUT2D eigenvalue weighted by Crippen LogP contribution is -2.10. The van der Waals surface area contributed by atoms with E-state index in [4.69, 9.17) is 10.7 Å². The number of hydrogen-bond acceptors (Lipinski definition) is 3. The molecule has 3 heteroatoms. The summed E-state index contributed by atoms with van der Waals surface area (Å²) in [6.45, 7) is 6.52. The fraction of sp³-hybridized carbons (Fsp3) is 0.438. The van der Waals surface area contributed by atoms with Crippen LogP contribution in [0.5, 0.6) is 0 Å². The molecular weight excluding hydrogens is 252 g/mol. The Kier molecular flexibility index (Phi) is 2.90. The molecule has 0 saturated heterocycles. The van der Waals surface area contributed by atoms with Crippen molar-refractivity contribution < 1.29 is 0 Å². The molecule has 0 bridgehead atoms. The van der Waals surface area contributed by atoms with Crippen molar-refractivity contribution in [3.05, 3.63) is 34.8 Å². The van der Waals surface area contributed by atoms with Crippen LogP contribution in [0.2, 0.25) is 0 Å². The van der Waals surface area contributed by atoms with Crippen molar-refractivity contribution in [3.8, 4) is 11.3 Å². The summed E-state index contributed by atoms with van der Waals surface area (Å²) in [6, 6.07) is 8.77. The molecule has 1 aromatic heterocycles. The third-order valence-electron chi connectivity index (χ3n) is 3.53. The highest BCUT2D eigenvalue weighted by Gasteiger charge is 2.24. The highest BCUT2D eigenvalue weighted by atomic mass is 32.1. The van der Waals surface area contributed by atoms with Crippen LogP contribution in [0, 0.1) is 0 Å². The molecule has 0 atom stereocenters. The highest BCUT2D eigenvalue weighted by Crippen LogP contribution is 2.41. The first-order valence-corrected chi connectivity index (χ1v) is 7.64. The van der Waals surface area contributed by atoms with E-state index in [1.165, 1.54) is 18.4 Å². The molecular formula is C16H20N2S. The molecule has 1 fully saturated rings. The molecule has 100 valence electrons. The zero-order valence-corrected chi connectivity index (χ0v) is 12.6. The maximum absolute atomic E-state index is 6.14. The Balaban J connectivity index is 1.94. The van der Waals surface area contributed by atoms with Crippen LogP contribution in [-0.4, -0.2) is 4.98 Å². The summed E-state index contributed by atoms with van der Waals surface area (Å²) >= 11 is 1.61. The molecule has 0 amide bonds. The Bertz CT molecular complexity index is 586. The molecule has 1 aliphatic rings. The van der Waals surface area contributed by atoms with Gasteiger partial charge in [0.1, 0.15) is 15.7 Å². The van der Waals surface area contributed by atoms with Crippen molar-refractivity contribution in [3.63, 3.8) is 0 Å². The van der Waals surface area contributed by atoms with Crippen LogP contribution in [0.3, 0.4) is 0 Å². The van der Waals surface area contributed by atoms with Gasteiger partial charge in [-0.25, -0.2) is 4.98 Å². The first-order valence-electron chi connectivity index (χ1n) is 6.82. The van der Waals surface area contributed by atoms with Crippen LogP contribution < -0.4 is 5.73 Å². The van der Waals surface area contributed by atoms with Gasteiger partial charge in [0.15, 0.2) is 0 Å². The Morgan fingerprint density at radius 2 is 1.79 bits per heavy atom. The molecule has 19 heavy (non-hydrogen) atoms. The van der Waals surface area contributed by atoms with Crippen LogP contribution in [0.25, 0.3) is 11.3 Å². The lowest BCUT2D eigenvalue weighted by molar-refractivity contribution is 0.586. The summed E-state index contributed by atoms with van der Waals surface area (Å²) < 4.78 is 0. The number of hydrogen-bond donors (Lipinski definition) is 1. The minimum absolute atomic E-state index is 0.0605. The number of nitrogens with zero attached hydrogens (tertiary/aromatic N) is 1. The summed E-state index contributed by atoms with van der Waals surface area (Å²) in [5.74, 6) is 0.798. The summed E-state index contributed by atoms with van der Waals surface area (Å²) in [5.41, 5.74) is 9.72. The maximum Gasteiger partial charge on any atom is 0.114 e. The zero-order chi connectivity index (χ0) is 13.6. The fourth-order valence-corrected chi connectivity index (χ4v) is 3.10. The highest BCUT2D eigenvalue weighted by molar-refractivity contribution is 7.16. The average molecular weight is 272 g/mol. The molecule has 1 heterocycles. The molecule has 1 aliphatic carbocycles. The number of nitrogens with two attached hydrogens (primary N) is 1. The molecule has 2 aromatic rings. The SMILES string of the molecule is CC(C)(C)c1nc(-c2ccc(C3CC3)cc2)c(N)s1. The Morgan fingerprint density at radius 1 is 1.16 bits per heavy atom. The van der Waals surface area contributed by atoms with Crippen LogP contribution in [0.1, 0.15) is 50.1 Å². The van der Waals surface area contributed by atoms with Crippen LogP contribution >= 0.6 is 11.3 Å². The molecule has 2 N–H and O–H groups in total. The average Bonchev–Trinajstić information content (AvgIpc) is 3.11. The smallest absolute Gasteiger partial charge is 0.114 e. The number of thiazole rings is 1. The van der Waals surface area contributed by atoms with Gasteiger partial charge < -0.3 is 5.73 Å². The monoisotopic (exact) mass is 272 g/mol. The van der Waals surface area contributed by atoms with E-state index in [-0.39, 0.29) is 5.41 Å². The first-order chi connectivity index (χ1) is 8.95. The van der Waals surface area contributed by atoms with Gasteiger partial charge in [-0.3, -0.25) is 0 Å². The summed E-state index contributed by atoms with van der Waals surface area (Å²) in [5, 5.41) is 1.93. The molecule has 1 aromatic carbocycles. The summed E-state index contributed by atoms with van der Waals surface area (Å²) in [7, 11) is 0. The van der Waals surface area contributed by atoms with E-state index in [1.54, 1.807) is 11.3 Å². The molecule has 1 saturated carbocycles. The Morgan fingerprint density at radius 3 is 2.26 bits per heavy atom. The quantitative estimate of drug-likeness (QED) is 0.870. The predicted molar refractivity (Wildman–Crippen MR) is 82.6 cm³/mol. The van der Waals surface area contributed by atoms with Gasteiger partial charge in [-0.2, -0.15) is 0 Å². The largest absolute Gasteiger partial charge is 0.389 e. The van der Waals surface area contributed by atoms with E-state index in [0.717, 1.165) is 27.2 Å². The Hall–Kier alpha value is -1.35. The van der Waals surface area contributed by atoms with Gasteiger partial charge in [0, 0.05) is 11.0 Å². The number of rotatable bonds is 2. The van der Waals surface area contributed by atoms with Crippen molar-refractivity contribution >= 4 is 16.3 Å². The molecule has 0 spiro atoms. The van der Waals surface area contributed by atoms with E-state index in [1.807, 2.05) is 0 Å². The lowest BCUT2D eigenvalue weighted by Gasteiger charge is -2.13. The number of aromatic nitrogens is 1. The second kappa shape index (κ2) is 4.34. The van der Waals surface area contributed by atoms with Gasteiger partial charge in [-0.15, -0.1) is 11.3 Å². The predicted octanol–water partition coefficient (Wildman–Crippen LogP) is 4.57. The van der Waals surface area contributed by atoms with Crippen LogP contribution in [-0.2, 0) is 5.41 Å². The molecule has 3 rings (SSSR count). The third kappa shape index (κ3) is 2.52. The Labute approximate surface area is 118 Å². The van der Waals surface area contributed by atoms with Gasteiger partial charge in [0.05, 0.1) is 0 Å². The fourth-order valence-electron chi connectivity index (χ4n) is 2.19. The first kappa shape index (κ1) is 12.7. The third-order valence-corrected chi connectivity index (χ3v) is 4.84. The standard InChI is InChI=1S/C16H20N2S/c1-16(2,3)15-18-13(14(17)19-15)12-8-6-11(7-9-12)10-4-5-10/h6-10H,4-5,17H2,1-3H3. The second-order valence-corrected chi connectivity index (χ2v) is 7.41. The summed E-state index contributed by atoms with van der Waals surface area (Å²) in [6.07, 6.45) is 2.68. The van der Waals surface area contributed by atoms with Crippen LogP contribution in [0.4, 0.5) is 5.00 Å². The molecule has 0 unspecified atom stereocenters. The number of anilines is 1. The van der Waals surface area contributed by atoms with E-state index >= 15 is 0 Å². The zero-order valence-electron chi connectivity index (χ0n) is 11.7. The van der Waals surface area contributed by atoms with Crippen molar-refractivity contribution in [1.82, 2.24) is 4.98 Å². The minimum atomic E-state index is 0.0605.